The van der Waals surface area contributed by atoms with Gasteiger partial charge in [-0.25, -0.2) is 0 Å². The second-order valence-corrected chi connectivity index (χ2v) is 8.84. The van der Waals surface area contributed by atoms with Gasteiger partial charge in [0.25, 0.3) is 0 Å². The van der Waals surface area contributed by atoms with E-state index in [0.717, 1.165) is 24.2 Å². The summed E-state index contributed by atoms with van der Waals surface area (Å²) in [6, 6.07) is 11.0. The highest BCUT2D eigenvalue weighted by molar-refractivity contribution is 6.15. The number of benzene rings is 2. The standard InChI is InChI=1S/C25H31NO3/c1-16(2)13-26(14-17(3)4)15-21-22(27)11-10-20-24(28)23(29-25(20)21)12-19-9-7-6-8-18(19)5/h6-12,16-17,27H,13-15H2,1-5H3. The number of ether oxygens (including phenoxy) is 1. The average Bonchev–Trinajstić information content (AvgIpc) is 2.94. The molecule has 29 heavy (non-hydrogen) atoms. The van der Waals surface area contributed by atoms with Gasteiger partial charge in [0.15, 0.2) is 5.76 Å². The summed E-state index contributed by atoms with van der Waals surface area (Å²) in [5, 5.41) is 12.7. The minimum absolute atomic E-state index is 0.0568. The van der Waals surface area contributed by atoms with Crippen LogP contribution in [-0.2, 0) is 6.54 Å². The van der Waals surface area contributed by atoms with Crippen molar-refractivity contribution >= 4 is 11.9 Å². The quantitative estimate of drug-likeness (QED) is 0.734. The molecule has 0 atom stereocenters. The first-order chi connectivity index (χ1) is 13.8. The van der Waals surface area contributed by atoms with Crippen molar-refractivity contribution in [1.82, 2.24) is 0 Å². The normalized spacial score (nSPS) is 14.9. The Balaban J connectivity index is 1.94. The van der Waals surface area contributed by atoms with Gasteiger partial charge in [-0.3, -0.25) is 4.79 Å². The SMILES string of the molecule is Cc1ccccc1C=C1Oc2c(ccc([O-])c2C[NH+](CC(C)C)CC(C)C)C1=O. The number of rotatable bonds is 7. The maximum atomic E-state index is 12.9. The van der Waals surface area contributed by atoms with Gasteiger partial charge in [-0.15, -0.1) is 0 Å². The van der Waals surface area contributed by atoms with E-state index in [1.54, 1.807) is 12.1 Å². The average molecular weight is 394 g/mol. The van der Waals surface area contributed by atoms with Crippen LogP contribution in [-0.4, -0.2) is 18.9 Å². The lowest BCUT2D eigenvalue weighted by Crippen LogP contribution is -3.11. The number of quaternary nitrogens is 1. The fourth-order valence-corrected chi connectivity index (χ4v) is 3.98. The van der Waals surface area contributed by atoms with Gasteiger partial charge in [0.2, 0.25) is 5.78 Å². The maximum absolute atomic E-state index is 12.9. The van der Waals surface area contributed by atoms with E-state index in [2.05, 4.69) is 27.7 Å². The van der Waals surface area contributed by atoms with Gasteiger partial charge < -0.3 is 14.7 Å². The molecule has 0 unspecified atom stereocenters. The lowest BCUT2D eigenvalue weighted by atomic mass is 10.0. The molecule has 4 heteroatoms. The van der Waals surface area contributed by atoms with E-state index in [-0.39, 0.29) is 17.3 Å². The highest BCUT2D eigenvalue weighted by Gasteiger charge is 2.31. The van der Waals surface area contributed by atoms with E-state index < -0.39 is 0 Å². The number of carbonyl (C=O) groups excluding carboxylic acids is 1. The fourth-order valence-electron chi connectivity index (χ4n) is 3.98. The molecule has 2 aromatic rings. The topological polar surface area (TPSA) is 53.8 Å². The van der Waals surface area contributed by atoms with Crippen LogP contribution in [0.3, 0.4) is 0 Å². The van der Waals surface area contributed by atoms with Gasteiger partial charge >= 0.3 is 0 Å². The van der Waals surface area contributed by atoms with Crippen molar-refractivity contribution in [3.63, 3.8) is 0 Å². The van der Waals surface area contributed by atoms with E-state index >= 15 is 0 Å². The molecule has 1 aliphatic rings. The van der Waals surface area contributed by atoms with Crippen LogP contribution in [0.25, 0.3) is 6.08 Å². The van der Waals surface area contributed by atoms with Crippen LogP contribution < -0.4 is 14.7 Å². The van der Waals surface area contributed by atoms with Crippen molar-refractivity contribution in [1.29, 1.82) is 0 Å². The molecule has 0 saturated heterocycles. The number of ketones is 1. The largest absolute Gasteiger partial charge is 0.872 e. The summed E-state index contributed by atoms with van der Waals surface area (Å²) in [4.78, 5) is 14.3. The van der Waals surface area contributed by atoms with E-state index in [1.807, 2.05) is 31.2 Å². The summed E-state index contributed by atoms with van der Waals surface area (Å²) in [6.07, 6.45) is 1.78. The summed E-state index contributed by atoms with van der Waals surface area (Å²) in [6.45, 7) is 13.3. The molecule has 0 saturated carbocycles. The number of Topliss-reactive ketones (excluding diaryl/α,β-unsaturated/α-hetero) is 1. The maximum Gasteiger partial charge on any atom is 0.231 e. The third kappa shape index (κ3) is 4.88. The fraction of sp³-hybridized carbons (Fsp3) is 0.400. The molecule has 2 aromatic carbocycles. The Kier molecular flexibility index (Phi) is 6.43. The lowest BCUT2D eigenvalue weighted by molar-refractivity contribution is -0.919. The third-order valence-electron chi connectivity index (χ3n) is 5.19. The first-order valence-electron chi connectivity index (χ1n) is 10.4. The molecule has 0 aromatic heterocycles. The van der Waals surface area contributed by atoms with Gasteiger partial charge in [0, 0.05) is 17.4 Å². The Morgan fingerprint density at radius 3 is 2.31 bits per heavy atom. The zero-order valence-corrected chi connectivity index (χ0v) is 18.0. The number of aryl methyl sites for hydroxylation is 1. The molecule has 0 bridgehead atoms. The number of fused-ring (bicyclic) bond motifs is 1. The van der Waals surface area contributed by atoms with Crippen molar-refractivity contribution in [2.75, 3.05) is 13.1 Å². The lowest BCUT2D eigenvalue weighted by Gasteiger charge is -2.26. The monoisotopic (exact) mass is 393 g/mol. The number of hydrogen-bond acceptors (Lipinski definition) is 3. The minimum atomic E-state index is -0.154. The Labute approximate surface area is 173 Å². The van der Waals surface area contributed by atoms with Crippen molar-refractivity contribution in [3.8, 4) is 11.5 Å². The van der Waals surface area contributed by atoms with E-state index in [0.29, 0.717) is 35.3 Å². The second kappa shape index (κ2) is 8.83. The van der Waals surface area contributed by atoms with Crippen molar-refractivity contribution in [2.45, 2.75) is 41.2 Å². The number of hydrogen-bond donors (Lipinski definition) is 1. The third-order valence-corrected chi connectivity index (χ3v) is 5.19. The smallest absolute Gasteiger partial charge is 0.231 e. The number of carbonyl (C=O) groups is 1. The summed E-state index contributed by atoms with van der Waals surface area (Å²) in [5.41, 5.74) is 3.12. The Bertz CT molecular complexity index is 918. The molecule has 1 aliphatic heterocycles. The molecule has 3 rings (SSSR count). The highest BCUT2D eigenvalue weighted by atomic mass is 16.5. The van der Waals surface area contributed by atoms with Crippen molar-refractivity contribution in [2.24, 2.45) is 11.8 Å². The molecule has 1 heterocycles. The summed E-state index contributed by atoms with van der Waals surface area (Å²) in [5.74, 6) is 1.57. The molecule has 0 spiro atoms. The molecule has 0 radical (unpaired) electrons. The first-order valence-corrected chi connectivity index (χ1v) is 10.4. The summed E-state index contributed by atoms with van der Waals surface area (Å²) < 4.78 is 6.00. The zero-order chi connectivity index (χ0) is 21.1. The first kappa shape index (κ1) is 21.1. The molecule has 0 amide bonds. The van der Waals surface area contributed by atoms with Gasteiger partial charge in [0.1, 0.15) is 12.3 Å². The summed E-state index contributed by atoms with van der Waals surface area (Å²) in [7, 11) is 0. The van der Waals surface area contributed by atoms with Gasteiger partial charge in [0.05, 0.1) is 18.7 Å². The zero-order valence-electron chi connectivity index (χ0n) is 18.0. The number of allylic oxidation sites excluding steroid dienone is 1. The van der Waals surface area contributed by atoms with E-state index in [4.69, 9.17) is 4.74 Å². The van der Waals surface area contributed by atoms with Gasteiger partial charge in [-0.2, -0.15) is 0 Å². The van der Waals surface area contributed by atoms with Crippen LogP contribution in [0.4, 0.5) is 0 Å². The number of nitrogens with one attached hydrogen (secondary N) is 1. The summed E-state index contributed by atoms with van der Waals surface area (Å²) >= 11 is 0. The molecular formula is C25H31NO3. The van der Waals surface area contributed by atoms with Crippen LogP contribution in [0.1, 0.15) is 54.7 Å². The Morgan fingerprint density at radius 2 is 1.69 bits per heavy atom. The van der Waals surface area contributed by atoms with Crippen LogP contribution >= 0.6 is 0 Å². The second-order valence-electron chi connectivity index (χ2n) is 8.84. The van der Waals surface area contributed by atoms with E-state index in [1.165, 1.54) is 11.0 Å². The van der Waals surface area contributed by atoms with Crippen molar-refractivity contribution < 1.29 is 19.5 Å². The Morgan fingerprint density at radius 1 is 1.03 bits per heavy atom. The van der Waals surface area contributed by atoms with Crippen molar-refractivity contribution in [3.05, 3.63) is 64.4 Å². The molecular weight excluding hydrogens is 362 g/mol. The van der Waals surface area contributed by atoms with Crippen LogP contribution in [0, 0.1) is 18.8 Å². The van der Waals surface area contributed by atoms with Gasteiger partial charge in [-0.05, 0) is 30.2 Å². The Hall–Kier alpha value is -2.59. The predicted octanol–water partition coefficient (Wildman–Crippen LogP) is 3.38. The predicted molar refractivity (Wildman–Crippen MR) is 114 cm³/mol. The van der Waals surface area contributed by atoms with Crippen LogP contribution in [0.15, 0.2) is 42.2 Å². The molecule has 154 valence electrons. The highest BCUT2D eigenvalue weighted by Crippen LogP contribution is 2.38. The van der Waals surface area contributed by atoms with Crippen LogP contribution in [0.5, 0.6) is 11.5 Å². The van der Waals surface area contributed by atoms with Gasteiger partial charge in [-0.1, -0.05) is 63.8 Å². The van der Waals surface area contributed by atoms with Crippen LogP contribution in [0.2, 0.25) is 0 Å². The molecule has 4 nitrogen and oxygen atoms in total. The minimum Gasteiger partial charge on any atom is -0.872 e. The molecule has 0 fully saturated rings. The van der Waals surface area contributed by atoms with E-state index in [9.17, 15) is 9.90 Å². The molecule has 1 N–H and O–H groups in total. The molecule has 0 aliphatic carbocycles.